The largest absolute Gasteiger partial charge is 0.346 e. The minimum atomic E-state index is 0. The number of hydrogen-bond donors (Lipinski definition) is 0. The monoisotopic (exact) mass is 139 g/mol. The third-order valence-electron chi connectivity index (χ3n) is 1.31. The quantitative estimate of drug-likeness (QED) is 0.470. The Bertz CT molecular complexity index is 94.4. The Hall–Kier alpha value is 0.730. The van der Waals surface area contributed by atoms with Crippen LogP contribution in [0, 0.1) is 37.7 Å². The van der Waals surface area contributed by atoms with Crippen LogP contribution in [0.4, 0.5) is 0 Å². The van der Waals surface area contributed by atoms with Gasteiger partial charge in [0.25, 0.3) is 0 Å². The molecule has 48 valence electrons. The summed E-state index contributed by atoms with van der Waals surface area (Å²) in [5.74, 6) is 0.292. The van der Waals surface area contributed by atoms with Gasteiger partial charge in [0.15, 0.2) is 0 Å². The van der Waals surface area contributed by atoms with Gasteiger partial charge in [-0.2, -0.15) is 0 Å². The normalized spacial score (nSPS) is 18.6. The molecule has 1 amide bonds. The fourth-order valence-corrected chi connectivity index (χ4v) is 0.783. The van der Waals surface area contributed by atoms with Gasteiger partial charge in [-0.1, -0.05) is 0 Å². The summed E-state index contributed by atoms with van der Waals surface area (Å²) < 4.78 is 0. The molecule has 0 aromatic rings. The van der Waals surface area contributed by atoms with Crippen molar-refractivity contribution < 1.29 is 42.5 Å². The summed E-state index contributed by atoms with van der Waals surface area (Å²) in [5, 5.41) is 0. The molecule has 0 N–H and O–H groups in total. The molecule has 0 spiro atoms. The van der Waals surface area contributed by atoms with Crippen LogP contribution in [0.1, 0.15) is 12.8 Å². The van der Waals surface area contributed by atoms with Crippen molar-refractivity contribution in [2.24, 2.45) is 0 Å². The van der Waals surface area contributed by atoms with E-state index in [1.165, 1.54) is 0 Å². The minimum Gasteiger partial charge on any atom is -0.346 e. The fraction of sp³-hybridized carbons (Fsp3) is 0.800. The summed E-state index contributed by atoms with van der Waals surface area (Å²) in [5.41, 5.74) is 0. The first-order valence-corrected chi connectivity index (χ1v) is 2.54. The Morgan fingerprint density at radius 3 is 2.38 bits per heavy atom. The van der Waals surface area contributed by atoms with Crippen molar-refractivity contribution in [1.29, 1.82) is 0 Å². The van der Waals surface area contributed by atoms with E-state index in [-0.39, 0.29) is 37.7 Å². The average Bonchev–Trinajstić information content (AvgIpc) is 1.91. The molecule has 0 bridgehead atoms. The van der Waals surface area contributed by atoms with Crippen molar-refractivity contribution in [2.45, 2.75) is 12.8 Å². The van der Waals surface area contributed by atoms with E-state index in [1.54, 1.807) is 4.90 Å². The molecular formula is C5H9ArNO. The van der Waals surface area contributed by atoms with Crippen LogP contribution in [0.5, 0.6) is 0 Å². The zero-order valence-electron chi connectivity index (χ0n) is 4.83. The minimum absolute atomic E-state index is 0. The standard InChI is InChI=1S/C5H9NO.Ar/c1-6-4-2-3-5(6)7;/h2-4H2,1H3;. The van der Waals surface area contributed by atoms with E-state index in [1.807, 2.05) is 7.05 Å². The zero-order chi connectivity index (χ0) is 5.28. The molecule has 1 aliphatic heterocycles. The molecule has 0 saturated carbocycles. The molecule has 1 fully saturated rings. The van der Waals surface area contributed by atoms with Crippen molar-refractivity contribution in [1.82, 2.24) is 4.90 Å². The van der Waals surface area contributed by atoms with E-state index >= 15 is 0 Å². The maximum absolute atomic E-state index is 10.5. The van der Waals surface area contributed by atoms with Crippen LogP contribution in [0.15, 0.2) is 0 Å². The van der Waals surface area contributed by atoms with Gasteiger partial charge < -0.3 is 4.90 Å². The Morgan fingerprint density at radius 1 is 1.62 bits per heavy atom. The molecule has 0 radical (unpaired) electrons. The van der Waals surface area contributed by atoms with E-state index in [2.05, 4.69) is 0 Å². The number of carbonyl (C=O) groups excluding carboxylic acids is 1. The van der Waals surface area contributed by atoms with Crippen LogP contribution < -0.4 is 0 Å². The second-order valence-electron chi connectivity index (χ2n) is 1.92. The van der Waals surface area contributed by atoms with Crippen molar-refractivity contribution in [3.63, 3.8) is 0 Å². The van der Waals surface area contributed by atoms with Crippen molar-refractivity contribution in [2.75, 3.05) is 13.6 Å². The SMILES string of the molecule is CN1CCCC1=O.[Ar]. The summed E-state index contributed by atoms with van der Waals surface area (Å²) in [6.45, 7) is 0.957. The Kier molecular flexibility index (Phi) is 4.04. The predicted octanol–water partition coefficient (Wildman–Crippen LogP) is 0.239. The van der Waals surface area contributed by atoms with Crippen LogP contribution in [0.3, 0.4) is 0 Å². The number of amides is 1. The van der Waals surface area contributed by atoms with Gasteiger partial charge in [-0.25, -0.2) is 0 Å². The van der Waals surface area contributed by atoms with Crippen LogP contribution in [-0.2, 0) is 4.79 Å². The topological polar surface area (TPSA) is 20.3 Å². The summed E-state index contributed by atoms with van der Waals surface area (Å²) in [6.07, 6.45) is 1.81. The molecule has 1 rings (SSSR count). The number of nitrogens with zero attached hydrogens (tertiary/aromatic N) is 1. The first kappa shape index (κ1) is 8.73. The first-order valence-electron chi connectivity index (χ1n) is 2.54. The molecule has 0 aromatic heterocycles. The maximum Gasteiger partial charge on any atom is 0.222 e. The summed E-state index contributed by atoms with van der Waals surface area (Å²) in [4.78, 5) is 12.3. The Morgan fingerprint density at radius 2 is 2.25 bits per heavy atom. The molecule has 0 aliphatic carbocycles. The van der Waals surface area contributed by atoms with E-state index in [0.717, 1.165) is 19.4 Å². The maximum atomic E-state index is 10.5. The van der Waals surface area contributed by atoms with Gasteiger partial charge in [-0.3, -0.25) is 4.79 Å². The number of rotatable bonds is 0. The third kappa shape index (κ3) is 1.92. The molecule has 3 heteroatoms. The van der Waals surface area contributed by atoms with E-state index < -0.39 is 0 Å². The Labute approximate surface area is 79.2 Å². The molecule has 1 saturated heterocycles. The van der Waals surface area contributed by atoms with E-state index in [9.17, 15) is 4.79 Å². The molecule has 1 aliphatic rings. The number of carbonyl (C=O) groups is 1. The summed E-state index contributed by atoms with van der Waals surface area (Å²) in [7, 11) is 1.84. The van der Waals surface area contributed by atoms with Gasteiger partial charge in [0.1, 0.15) is 0 Å². The number of hydrogen-bond acceptors (Lipinski definition) is 1. The van der Waals surface area contributed by atoms with Gasteiger partial charge in [-0.15, -0.1) is 0 Å². The molecule has 0 aromatic carbocycles. The second kappa shape index (κ2) is 3.70. The van der Waals surface area contributed by atoms with Crippen LogP contribution in [0.25, 0.3) is 0 Å². The summed E-state index contributed by atoms with van der Waals surface area (Å²) in [6, 6.07) is 0. The molecule has 0 unspecified atom stereocenters. The average molecular weight is 139 g/mol. The van der Waals surface area contributed by atoms with Gasteiger partial charge >= 0.3 is 0 Å². The molecule has 1 heterocycles. The fourth-order valence-electron chi connectivity index (χ4n) is 0.783. The van der Waals surface area contributed by atoms with Gasteiger partial charge in [0, 0.05) is 57.8 Å². The first-order chi connectivity index (χ1) is 3.30. The van der Waals surface area contributed by atoms with Gasteiger partial charge in [0.05, 0.1) is 0 Å². The third-order valence-corrected chi connectivity index (χ3v) is 1.31. The van der Waals surface area contributed by atoms with Crippen LogP contribution >= 0.6 is 0 Å². The Balaban J connectivity index is 0.000000490. The summed E-state index contributed by atoms with van der Waals surface area (Å²) >= 11 is 0. The van der Waals surface area contributed by atoms with Gasteiger partial charge in [-0.05, 0) is 6.42 Å². The molecule has 2 nitrogen and oxygen atoms in total. The predicted molar refractivity (Wildman–Crippen MR) is 26.9 cm³/mol. The van der Waals surface area contributed by atoms with E-state index in [4.69, 9.17) is 0 Å². The van der Waals surface area contributed by atoms with Crippen LogP contribution in [0.2, 0.25) is 0 Å². The molecule has 0 atom stereocenters. The van der Waals surface area contributed by atoms with E-state index in [0.29, 0.717) is 5.91 Å². The number of likely N-dealkylation sites (tertiary alicyclic amines) is 1. The van der Waals surface area contributed by atoms with Crippen molar-refractivity contribution in [3.05, 3.63) is 0 Å². The molecule has 8 heavy (non-hydrogen) atoms. The smallest absolute Gasteiger partial charge is 0.222 e. The van der Waals surface area contributed by atoms with Crippen molar-refractivity contribution in [3.8, 4) is 0 Å². The second-order valence-corrected chi connectivity index (χ2v) is 1.92. The molecular weight excluding hydrogens is 130 g/mol. The van der Waals surface area contributed by atoms with Crippen LogP contribution in [-0.4, -0.2) is 24.4 Å². The zero-order valence-corrected chi connectivity index (χ0v) is 5.54. The van der Waals surface area contributed by atoms with Crippen molar-refractivity contribution >= 4 is 5.91 Å². The van der Waals surface area contributed by atoms with Gasteiger partial charge in [0.2, 0.25) is 5.91 Å².